The first-order valence-corrected chi connectivity index (χ1v) is 7.44. The maximum atomic E-state index is 12.2. The number of carbonyl (C=O) groups is 1. The lowest BCUT2D eigenvalue weighted by Gasteiger charge is -2.34. The van der Waals surface area contributed by atoms with E-state index in [2.05, 4.69) is 17.4 Å². The molecule has 2 fully saturated rings. The molecule has 3 aliphatic rings. The number of amides is 1. The molecule has 2 bridgehead atoms. The van der Waals surface area contributed by atoms with Crippen LogP contribution in [-0.2, 0) is 4.79 Å². The van der Waals surface area contributed by atoms with Gasteiger partial charge >= 0.3 is 0 Å². The third kappa shape index (κ3) is 1.83. The molecular formula is C16H20N2O. The van der Waals surface area contributed by atoms with Crippen molar-refractivity contribution in [3.63, 3.8) is 0 Å². The average molecular weight is 256 g/mol. The maximum absolute atomic E-state index is 12.2. The van der Waals surface area contributed by atoms with Crippen molar-refractivity contribution in [3.05, 3.63) is 24.3 Å². The maximum Gasteiger partial charge on any atom is 0.246 e. The SMILES string of the molecule is O=C1CNc2ccccc2N1CC1CC2CCC1C2. The van der Waals surface area contributed by atoms with Crippen LogP contribution in [-0.4, -0.2) is 19.0 Å². The van der Waals surface area contributed by atoms with E-state index in [1.54, 1.807) is 0 Å². The van der Waals surface area contributed by atoms with Gasteiger partial charge in [-0.25, -0.2) is 0 Å². The Morgan fingerprint density at radius 3 is 2.89 bits per heavy atom. The second kappa shape index (κ2) is 4.26. The Hall–Kier alpha value is -1.51. The lowest BCUT2D eigenvalue weighted by Crippen LogP contribution is -2.43. The molecule has 0 aromatic heterocycles. The van der Waals surface area contributed by atoms with E-state index < -0.39 is 0 Å². The summed E-state index contributed by atoms with van der Waals surface area (Å²) in [5.41, 5.74) is 2.17. The van der Waals surface area contributed by atoms with Crippen molar-refractivity contribution >= 4 is 17.3 Å². The van der Waals surface area contributed by atoms with E-state index in [-0.39, 0.29) is 5.91 Å². The highest BCUT2D eigenvalue weighted by Gasteiger charge is 2.41. The Morgan fingerprint density at radius 1 is 1.21 bits per heavy atom. The predicted octanol–water partition coefficient (Wildman–Crippen LogP) is 2.88. The standard InChI is InChI=1S/C16H20N2O/c19-16-9-17-14-3-1-2-4-15(14)18(16)10-13-8-11-5-6-12(13)7-11/h1-4,11-13,17H,5-10H2. The summed E-state index contributed by atoms with van der Waals surface area (Å²) in [6, 6.07) is 8.17. The number of para-hydroxylation sites is 2. The zero-order chi connectivity index (χ0) is 12.8. The molecular weight excluding hydrogens is 236 g/mol. The molecule has 0 radical (unpaired) electrons. The third-order valence-electron chi connectivity index (χ3n) is 5.23. The highest BCUT2D eigenvalue weighted by Crippen LogP contribution is 2.49. The molecule has 1 N–H and O–H groups in total. The molecule has 0 saturated heterocycles. The average Bonchev–Trinajstić information content (AvgIpc) is 3.04. The van der Waals surface area contributed by atoms with E-state index in [1.807, 2.05) is 17.0 Å². The fourth-order valence-corrected chi connectivity index (χ4v) is 4.29. The molecule has 0 spiro atoms. The summed E-state index contributed by atoms with van der Waals surface area (Å²) in [5, 5.41) is 3.21. The molecule has 1 aliphatic heterocycles. The van der Waals surface area contributed by atoms with E-state index in [0.717, 1.165) is 35.7 Å². The van der Waals surface area contributed by atoms with E-state index in [4.69, 9.17) is 0 Å². The van der Waals surface area contributed by atoms with Crippen molar-refractivity contribution in [2.24, 2.45) is 17.8 Å². The molecule has 100 valence electrons. The van der Waals surface area contributed by atoms with Crippen molar-refractivity contribution in [2.45, 2.75) is 25.7 Å². The van der Waals surface area contributed by atoms with Gasteiger partial charge in [-0.3, -0.25) is 4.79 Å². The number of anilines is 2. The van der Waals surface area contributed by atoms with Gasteiger partial charge in [0, 0.05) is 6.54 Å². The van der Waals surface area contributed by atoms with Gasteiger partial charge in [0.2, 0.25) is 5.91 Å². The van der Waals surface area contributed by atoms with Gasteiger partial charge in [-0.05, 0) is 49.1 Å². The minimum atomic E-state index is 0.224. The summed E-state index contributed by atoms with van der Waals surface area (Å²) in [6.07, 6.45) is 5.56. The van der Waals surface area contributed by atoms with Crippen LogP contribution in [0.3, 0.4) is 0 Å². The largest absolute Gasteiger partial charge is 0.374 e. The molecule has 2 aliphatic carbocycles. The topological polar surface area (TPSA) is 32.3 Å². The summed E-state index contributed by atoms with van der Waals surface area (Å²) in [5.74, 6) is 2.78. The molecule has 3 unspecified atom stereocenters. The quantitative estimate of drug-likeness (QED) is 0.882. The second-order valence-corrected chi connectivity index (χ2v) is 6.31. The minimum absolute atomic E-state index is 0.224. The van der Waals surface area contributed by atoms with Crippen molar-refractivity contribution in [2.75, 3.05) is 23.3 Å². The lowest BCUT2D eigenvalue weighted by molar-refractivity contribution is -0.117. The summed E-state index contributed by atoms with van der Waals surface area (Å²) >= 11 is 0. The minimum Gasteiger partial charge on any atom is -0.374 e. The molecule has 1 heterocycles. The van der Waals surface area contributed by atoms with Gasteiger partial charge in [0.05, 0.1) is 17.9 Å². The summed E-state index contributed by atoms with van der Waals surface area (Å²) in [4.78, 5) is 14.2. The summed E-state index contributed by atoms with van der Waals surface area (Å²) in [6.45, 7) is 1.37. The Balaban J connectivity index is 1.58. The van der Waals surface area contributed by atoms with E-state index in [1.165, 1.54) is 25.7 Å². The highest BCUT2D eigenvalue weighted by molar-refractivity contribution is 6.02. The number of hydrogen-bond acceptors (Lipinski definition) is 2. The molecule has 1 amide bonds. The molecule has 1 aromatic carbocycles. The van der Waals surface area contributed by atoms with Gasteiger partial charge in [0.1, 0.15) is 0 Å². The third-order valence-corrected chi connectivity index (χ3v) is 5.23. The van der Waals surface area contributed by atoms with Crippen LogP contribution in [0.25, 0.3) is 0 Å². The van der Waals surface area contributed by atoms with Crippen molar-refractivity contribution in [1.82, 2.24) is 0 Å². The van der Waals surface area contributed by atoms with Crippen LogP contribution in [0, 0.1) is 17.8 Å². The fourth-order valence-electron chi connectivity index (χ4n) is 4.29. The van der Waals surface area contributed by atoms with Gasteiger partial charge in [-0.1, -0.05) is 18.6 Å². The van der Waals surface area contributed by atoms with Crippen LogP contribution < -0.4 is 10.2 Å². The Bertz CT molecular complexity index is 513. The molecule has 4 rings (SSSR count). The van der Waals surface area contributed by atoms with Gasteiger partial charge in [-0.2, -0.15) is 0 Å². The number of benzene rings is 1. The Labute approximate surface area is 114 Å². The van der Waals surface area contributed by atoms with Crippen LogP contribution in [0.1, 0.15) is 25.7 Å². The Kier molecular flexibility index (Phi) is 2.54. The van der Waals surface area contributed by atoms with Crippen LogP contribution in [0.5, 0.6) is 0 Å². The van der Waals surface area contributed by atoms with Crippen LogP contribution >= 0.6 is 0 Å². The fraction of sp³-hybridized carbons (Fsp3) is 0.562. The molecule has 2 saturated carbocycles. The number of fused-ring (bicyclic) bond motifs is 3. The predicted molar refractivity (Wildman–Crippen MR) is 76.2 cm³/mol. The molecule has 1 aromatic rings. The van der Waals surface area contributed by atoms with Crippen molar-refractivity contribution < 1.29 is 4.79 Å². The number of nitrogens with one attached hydrogen (secondary N) is 1. The second-order valence-electron chi connectivity index (χ2n) is 6.31. The number of carbonyl (C=O) groups excluding carboxylic acids is 1. The van der Waals surface area contributed by atoms with Crippen LogP contribution in [0.4, 0.5) is 11.4 Å². The van der Waals surface area contributed by atoms with Crippen molar-refractivity contribution in [1.29, 1.82) is 0 Å². The van der Waals surface area contributed by atoms with E-state index in [9.17, 15) is 4.79 Å². The number of rotatable bonds is 2. The molecule has 3 atom stereocenters. The summed E-state index contributed by atoms with van der Waals surface area (Å²) in [7, 11) is 0. The molecule has 19 heavy (non-hydrogen) atoms. The zero-order valence-electron chi connectivity index (χ0n) is 11.1. The zero-order valence-corrected chi connectivity index (χ0v) is 11.1. The monoisotopic (exact) mass is 256 g/mol. The normalized spacial score (nSPS) is 32.3. The first kappa shape index (κ1) is 11.3. The van der Waals surface area contributed by atoms with E-state index in [0.29, 0.717) is 6.54 Å². The van der Waals surface area contributed by atoms with Gasteiger partial charge in [-0.15, -0.1) is 0 Å². The highest BCUT2D eigenvalue weighted by atomic mass is 16.2. The van der Waals surface area contributed by atoms with E-state index >= 15 is 0 Å². The van der Waals surface area contributed by atoms with Crippen LogP contribution in [0.15, 0.2) is 24.3 Å². The first-order valence-electron chi connectivity index (χ1n) is 7.44. The number of nitrogens with zero attached hydrogens (tertiary/aromatic N) is 1. The van der Waals surface area contributed by atoms with Gasteiger partial charge < -0.3 is 10.2 Å². The number of hydrogen-bond donors (Lipinski definition) is 1. The Morgan fingerprint density at radius 2 is 2.11 bits per heavy atom. The molecule has 3 heteroatoms. The first-order chi connectivity index (χ1) is 9.31. The lowest BCUT2D eigenvalue weighted by atomic mass is 9.88. The van der Waals surface area contributed by atoms with Gasteiger partial charge in [0.15, 0.2) is 0 Å². The van der Waals surface area contributed by atoms with Crippen LogP contribution in [0.2, 0.25) is 0 Å². The summed E-state index contributed by atoms with van der Waals surface area (Å²) < 4.78 is 0. The molecule has 3 nitrogen and oxygen atoms in total. The smallest absolute Gasteiger partial charge is 0.246 e. The van der Waals surface area contributed by atoms with Crippen molar-refractivity contribution in [3.8, 4) is 0 Å². The van der Waals surface area contributed by atoms with Gasteiger partial charge in [0.25, 0.3) is 0 Å².